The summed E-state index contributed by atoms with van der Waals surface area (Å²) in [6.07, 6.45) is -9.54. The molecular weight excluding hydrogens is 484 g/mol. The summed E-state index contributed by atoms with van der Waals surface area (Å²) in [6, 6.07) is 9.61. The van der Waals surface area contributed by atoms with Gasteiger partial charge in [0.15, 0.2) is 0 Å². The van der Waals surface area contributed by atoms with E-state index >= 15 is 0 Å². The highest BCUT2D eigenvalue weighted by Crippen LogP contribution is 2.47. The minimum absolute atomic E-state index is 0.355. The Labute approximate surface area is 205 Å². The molecule has 0 bridgehead atoms. The van der Waals surface area contributed by atoms with E-state index in [1.54, 1.807) is 13.0 Å². The minimum atomic E-state index is -4.58. The van der Waals surface area contributed by atoms with Crippen LogP contribution in [-0.4, -0.2) is 29.3 Å². The molecule has 0 aliphatic carbocycles. The molecule has 36 heavy (non-hydrogen) atoms. The predicted octanol–water partition coefficient (Wildman–Crippen LogP) is 8.24. The molecule has 4 atom stereocenters. The van der Waals surface area contributed by atoms with Crippen LogP contribution in [0.25, 0.3) is 11.1 Å². The van der Waals surface area contributed by atoms with Crippen molar-refractivity contribution in [1.82, 2.24) is 4.90 Å². The Morgan fingerprint density at radius 1 is 1.08 bits per heavy atom. The number of carbonyl (C=O) groups is 1. The van der Waals surface area contributed by atoms with Crippen LogP contribution in [0.1, 0.15) is 55.3 Å². The van der Waals surface area contributed by atoms with Crippen molar-refractivity contribution in [2.75, 3.05) is 0 Å². The molecule has 194 valence electrons. The molecule has 0 N–H and O–H groups in total. The number of allylic oxidation sites excluding steroid dienone is 1. The monoisotopic (exact) mass is 511 g/mol. The van der Waals surface area contributed by atoms with Gasteiger partial charge in [-0.1, -0.05) is 43.8 Å². The number of rotatable bonds is 5. The molecule has 4 rings (SSSR count). The van der Waals surface area contributed by atoms with Gasteiger partial charge >= 0.3 is 18.4 Å². The first kappa shape index (κ1) is 26.1. The number of alkyl halides is 6. The van der Waals surface area contributed by atoms with E-state index < -0.39 is 60.1 Å². The smallest absolute Gasteiger partial charge is 0.416 e. The molecule has 0 aromatic heterocycles. The number of aryl methyl sites for hydroxylation is 1. The third-order valence-electron chi connectivity index (χ3n) is 7.20. The number of halogens is 6. The Hall–Kier alpha value is -2.97. The maximum Gasteiger partial charge on any atom is 0.416 e. The first-order valence-electron chi connectivity index (χ1n) is 11.8. The summed E-state index contributed by atoms with van der Waals surface area (Å²) in [7, 11) is 0. The molecule has 2 heterocycles. The van der Waals surface area contributed by atoms with Crippen LogP contribution in [0.15, 0.2) is 54.6 Å². The lowest BCUT2D eigenvalue weighted by molar-refractivity contribution is -0.137. The van der Waals surface area contributed by atoms with Crippen molar-refractivity contribution in [3.8, 4) is 11.1 Å². The second kappa shape index (κ2) is 9.48. The first-order chi connectivity index (χ1) is 16.8. The molecule has 4 unspecified atom stereocenters. The first-order valence-corrected chi connectivity index (χ1v) is 11.8. The van der Waals surface area contributed by atoms with E-state index in [1.165, 1.54) is 11.0 Å². The van der Waals surface area contributed by atoms with E-state index in [9.17, 15) is 31.1 Å². The molecule has 9 heteroatoms. The van der Waals surface area contributed by atoms with Gasteiger partial charge in [0.2, 0.25) is 0 Å². The SMILES string of the molecule is C=C(CC(C)C1OC(=O)N2C(c3cc(C(F)(F)F)ccc3-c3ccccc3C)CCCC12)C(F)(F)F. The molecule has 0 radical (unpaired) electrons. The van der Waals surface area contributed by atoms with Crippen LogP contribution < -0.4 is 0 Å². The molecule has 2 aromatic rings. The molecule has 3 nitrogen and oxygen atoms in total. The summed E-state index contributed by atoms with van der Waals surface area (Å²) >= 11 is 0. The fourth-order valence-corrected chi connectivity index (χ4v) is 5.43. The lowest BCUT2D eigenvalue weighted by atomic mass is 9.82. The van der Waals surface area contributed by atoms with Gasteiger partial charge in [0, 0.05) is 5.57 Å². The van der Waals surface area contributed by atoms with Gasteiger partial charge in [-0.2, -0.15) is 26.3 Å². The number of nitrogens with zero attached hydrogens (tertiary/aromatic N) is 1. The largest absolute Gasteiger partial charge is 0.444 e. The molecule has 0 spiro atoms. The summed E-state index contributed by atoms with van der Waals surface area (Å²) in [4.78, 5) is 14.5. The van der Waals surface area contributed by atoms with E-state index in [2.05, 4.69) is 6.58 Å². The second-order valence-corrected chi connectivity index (χ2v) is 9.67. The van der Waals surface area contributed by atoms with Crippen LogP contribution in [-0.2, 0) is 10.9 Å². The van der Waals surface area contributed by atoms with Crippen molar-refractivity contribution < 1.29 is 35.9 Å². The topological polar surface area (TPSA) is 29.5 Å². The number of benzene rings is 2. The van der Waals surface area contributed by atoms with Gasteiger partial charge in [-0.3, -0.25) is 4.90 Å². The van der Waals surface area contributed by atoms with E-state index in [-0.39, 0.29) is 0 Å². The quantitative estimate of drug-likeness (QED) is 0.299. The number of fused-ring (bicyclic) bond motifs is 1. The van der Waals surface area contributed by atoms with Crippen molar-refractivity contribution in [2.24, 2.45) is 5.92 Å². The van der Waals surface area contributed by atoms with Crippen molar-refractivity contribution in [3.05, 3.63) is 71.3 Å². The molecular formula is C27H27F6NO2. The van der Waals surface area contributed by atoms with E-state index in [0.717, 1.165) is 23.3 Å². The lowest BCUT2D eigenvalue weighted by Gasteiger charge is -2.39. The van der Waals surface area contributed by atoms with Crippen LogP contribution in [0.4, 0.5) is 31.1 Å². The van der Waals surface area contributed by atoms with E-state index in [4.69, 9.17) is 4.74 Å². The van der Waals surface area contributed by atoms with Crippen molar-refractivity contribution in [2.45, 2.75) is 70.1 Å². The highest BCUT2D eigenvalue weighted by Gasteiger charge is 2.50. The standard InChI is InChI=1S/C27H27F6NO2/c1-15-7-4-5-8-19(15)20-12-11-18(27(31,32)33)14-21(20)22-9-6-10-23-24(36-25(35)34(22)23)16(2)13-17(3)26(28,29)30/h4-5,7-8,11-12,14,16,22-24H,3,6,9-10,13H2,1-2H3. The molecule has 2 aliphatic heterocycles. The second-order valence-electron chi connectivity index (χ2n) is 9.67. The third-order valence-corrected chi connectivity index (χ3v) is 7.20. The maximum absolute atomic E-state index is 13.7. The van der Waals surface area contributed by atoms with Crippen LogP contribution in [0.5, 0.6) is 0 Å². The van der Waals surface area contributed by atoms with Crippen molar-refractivity contribution in [1.29, 1.82) is 0 Å². The van der Waals surface area contributed by atoms with Gasteiger partial charge in [0.05, 0.1) is 17.6 Å². The normalized spacial score (nSPS) is 23.3. The van der Waals surface area contributed by atoms with Gasteiger partial charge < -0.3 is 4.74 Å². The number of piperidine rings is 1. The summed E-state index contributed by atoms with van der Waals surface area (Å²) in [6.45, 7) is 6.55. The fraction of sp³-hybridized carbons (Fsp3) is 0.444. The highest BCUT2D eigenvalue weighted by atomic mass is 19.4. The van der Waals surface area contributed by atoms with E-state index in [1.807, 2.05) is 25.1 Å². The summed E-state index contributed by atoms with van der Waals surface area (Å²) in [5, 5.41) is 0. The van der Waals surface area contributed by atoms with Crippen LogP contribution >= 0.6 is 0 Å². The highest BCUT2D eigenvalue weighted by molar-refractivity contribution is 5.75. The number of amides is 1. The Balaban J connectivity index is 1.73. The third kappa shape index (κ3) is 4.97. The molecule has 1 amide bonds. The average Bonchev–Trinajstić information content (AvgIpc) is 3.15. The number of ether oxygens (including phenoxy) is 1. The minimum Gasteiger partial charge on any atom is -0.444 e. The van der Waals surface area contributed by atoms with Crippen LogP contribution in [0.2, 0.25) is 0 Å². The van der Waals surface area contributed by atoms with E-state index in [0.29, 0.717) is 30.4 Å². The average molecular weight is 512 g/mol. The molecule has 2 fully saturated rings. The summed E-state index contributed by atoms with van der Waals surface area (Å²) in [5.41, 5.74) is 0.831. The summed E-state index contributed by atoms with van der Waals surface area (Å²) < 4.78 is 85.7. The fourth-order valence-electron chi connectivity index (χ4n) is 5.43. The van der Waals surface area contributed by atoms with Crippen LogP contribution in [0, 0.1) is 12.8 Å². The number of carbonyl (C=O) groups excluding carboxylic acids is 1. The zero-order chi connectivity index (χ0) is 26.4. The number of hydrogen-bond acceptors (Lipinski definition) is 2. The molecule has 2 aromatic carbocycles. The Kier molecular flexibility index (Phi) is 6.88. The van der Waals surface area contributed by atoms with Gasteiger partial charge in [-0.15, -0.1) is 0 Å². The Bertz CT molecular complexity index is 1160. The molecule has 0 saturated carbocycles. The Morgan fingerprint density at radius 2 is 1.78 bits per heavy atom. The van der Waals surface area contributed by atoms with Gasteiger partial charge in [0.25, 0.3) is 0 Å². The Morgan fingerprint density at radius 3 is 2.42 bits per heavy atom. The summed E-state index contributed by atoms with van der Waals surface area (Å²) in [5.74, 6) is -0.658. The zero-order valence-electron chi connectivity index (χ0n) is 19.9. The molecule has 2 saturated heterocycles. The molecule has 2 aliphatic rings. The zero-order valence-corrected chi connectivity index (χ0v) is 19.9. The van der Waals surface area contributed by atoms with Gasteiger partial charge in [-0.25, -0.2) is 4.79 Å². The van der Waals surface area contributed by atoms with Gasteiger partial charge in [0.1, 0.15) is 6.10 Å². The lowest BCUT2D eigenvalue weighted by Crippen LogP contribution is -2.44. The van der Waals surface area contributed by atoms with Gasteiger partial charge in [-0.05, 0) is 72.9 Å². The van der Waals surface area contributed by atoms with Crippen LogP contribution in [0.3, 0.4) is 0 Å². The number of hydrogen-bond donors (Lipinski definition) is 0. The number of cyclic esters (lactones) is 1. The predicted molar refractivity (Wildman–Crippen MR) is 123 cm³/mol. The van der Waals surface area contributed by atoms with Crippen molar-refractivity contribution >= 4 is 6.09 Å². The van der Waals surface area contributed by atoms with Crippen molar-refractivity contribution in [3.63, 3.8) is 0 Å². The maximum atomic E-state index is 13.7.